The standard InChI is InChI=1S/C16H26N2O2/c1-13(11-17-8-10-19-2)18-12-14-7-9-20-16-6-4-3-5-15(14)16/h3-6,13-14,17-18H,7-12H2,1-2H3. The molecule has 0 fully saturated rings. The van der Waals surface area contributed by atoms with Crippen LogP contribution in [0.15, 0.2) is 24.3 Å². The van der Waals surface area contributed by atoms with Crippen LogP contribution in [-0.2, 0) is 4.74 Å². The van der Waals surface area contributed by atoms with Crippen LogP contribution in [0.1, 0.15) is 24.8 Å². The Morgan fingerprint density at radius 3 is 3.10 bits per heavy atom. The normalized spacial score (nSPS) is 19.2. The summed E-state index contributed by atoms with van der Waals surface area (Å²) in [5.41, 5.74) is 1.34. The molecule has 20 heavy (non-hydrogen) atoms. The Labute approximate surface area is 121 Å². The van der Waals surface area contributed by atoms with Crippen LogP contribution in [0.4, 0.5) is 0 Å². The smallest absolute Gasteiger partial charge is 0.122 e. The average Bonchev–Trinajstić information content (AvgIpc) is 2.49. The van der Waals surface area contributed by atoms with E-state index in [0.717, 1.165) is 45.0 Å². The summed E-state index contributed by atoms with van der Waals surface area (Å²) in [5, 5.41) is 6.99. The van der Waals surface area contributed by atoms with Crippen LogP contribution in [0.2, 0.25) is 0 Å². The van der Waals surface area contributed by atoms with Gasteiger partial charge < -0.3 is 20.1 Å². The van der Waals surface area contributed by atoms with E-state index in [9.17, 15) is 0 Å². The van der Waals surface area contributed by atoms with Gasteiger partial charge in [-0.1, -0.05) is 18.2 Å². The summed E-state index contributed by atoms with van der Waals surface area (Å²) < 4.78 is 10.7. The summed E-state index contributed by atoms with van der Waals surface area (Å²) in [6.45, 7) is 6.68. The van der Waals surface area contributed by atoms with E-state index in [4.69, 9.17) is 9.47 Å². The highest BCUT2D eigenvalue weighted by atomic mass is 16.5. The molecule has 2 atom stereocenters. The molecule has 0 aliphatic carbocycles. The molecule has 2 rings (SSSR count). The third kappa shape index (κ3) is 4.47. The highest BCUT2D eigenvalue weighted by Crippen LogP contribution is 2.32. The number of hydrogen-bond donors (Lipinski definition) is 2. The second kappa shape index (κ2) is 8.25. The second-order valence-corrected chi connectivity index (χ2v) is 5.38. The lowest BCUT2D eigenvalue weighted by atomic mass is 9.93. The van der Waals surface area contributed by atoms with Gasteiger partial charge in [0.05, 0.1) is 13.2 Å². The maximum absolute atomic E-state index is 5.70. The maximum Gasteiger partial charge on any atom is 0.122 e. The number of fused-ring (bicyclic) bond motifs is 1. The quantitative estimate of drug-likeness (QED) is 0.711. The van der Waals surface area contributed by atoms with E-state index in [2.05, 4.69) is 35.8 Å². The fraction of sp³-hybridized carbons (Fsp3) is 0.625. The molecule has 1 aliphatic heterocycles. The van der Waals surface area contributed by atoms with Crippen molar-refractivity contribution >= 4 is 0 Å². The minimum absolute atomic E-state index is 0.460. The van der Waals surface area contributed by atoms with Crippen LogP contribution in [0.3, 0.4) is 0 Å². The van der Waals surface area contributed by atoms with Crippen LogP contribution in [0.5, 0.6) is 5.75 Å². The molecular formula is C16H26N2O2. The van der Waals surface area contributed by atoms with Crippen molar-refractivity contribution in [1.82, 2.24) is 10.6 Å². The first-order chi connectivity index (χ1) is 9.81. The van der Waals surface area contributed by atoms with Gasteiger partial charge in [-0.2, -0.15) is 0 Å². The summed E-state index contributed by atoms with van der Waals surface area (Å²) in [6, 6.07) is 8.84. The number of benzene rings is 1. The zero-order valence-corrected chi connectivity index (χ0v) is 12.5. The molecule has 1 heterocycles. The molecule has 1 aromatic rings. The monoisotopic (exact) mass is 278 g/mol. The number of ether oxygens (including phenoxy) is 2. The summed E-state index contributed by atoms with van der Waals surface area (Å²) in [7, 11) is 1.73. The van der Waals surface area contributed by atoms with E-state index in [1.165, 1.54) is 5.56 Å². The number of hydrogen-bond acceptors (Lipinski definition) is 4. The molecule has 0 bridgehead atoms. The molecule has 0 amide bonds. The molecule has 0 aromatic heterocycles. The first-order valence-corrected chi connectivity index (χ1v) is 7.46. The Hall–Kier alpha value is -1.10. The van der Waals surface area contributed by atoms with Crippen molar-refractivity contribution in [2.75, 3.05) is 40.0 Å². The predicted molar refractivity (Wildman–Crippen MR) is 81.5 cm³/mol. The lowest BCUT2D eigenvalue weighted by Gasteiger charge is -2.27. The number of nitrogens with one attached hydrogen (secondary N) is 2. The van der Waals surface area contributed by atoms with Gasteiger partial charge in [-0.15, -0.1) is 0 Å². The van der Waals surface area contributed by atoms with E-state index in [1.54, 1.807) is 7.11 Å². The molecule has 0 radical (unpaired) electrons. The fourth-order valence-electron chi connectivity index (χ4n) is 2.54. The van der Waals surface area contributed by atoms with Gasteiger partial charge in [0, 0.05) is 38.7 Å². The number of para-hydroxylation sites is 1. The van der Waals surface area contributed by atoms with Gasteiger partial charge >= 0.3 is 0 Å². The minimum atomic E-state index is 0.460. The molecule has 0 saturated carbocycles. The minimum Gasteiger partial charge on any atom is -0.493 e. The Balaban J connectivity index is 1.74. The molecule has 112 valence electrons. The number of rotatable bonds is 8. The predicted octanol–water partition coefficient (Wildman–Crippen LogP) is 1.77. The van der Waals surface area contributed by atoms with Crippen molar-refractivity contribution in [1.29, 1.82) is 0 Å². The zero-order valence-electron chi connectivity index (χ0n) is 12.5. The summed E-state index contributed by atoms with van der Waals surface area (Å²) in [4.78, 5) is 0. The van der Waals surface area contributed by atoms with Crippen molar-refractivity contribution in [3.63, 3.8) is 0 Å². The molecule has 2 unspecified atom stereocenters. The highest BCUT2D eigenvalue weighted by Gasteiger charge is 2.20. The molecule has 4 nitrogen and oxygen atoms in total. The molecule has 4 heteroatoms. The van der Waals surface area contributed by atoms with Gasteiger partial charge in [0.1, 0.15) is 5.75 Å². The average molecular weight is 278 g/mol. The van der Waals surface area contributed by atoms with Crippen LogP contribution >= 0.6 is 0 Å². The van der Waals surface area contributed by atoms with Crippen molar-refractivity contribution in [2.24, 2.45) is 0 Å². The summed E-state index contributed by atoms with van der Waals surface area (Å²) >= 11 is 0. The first kappa shape index (κ1) is 15.3. The largest absolute Gasteiger partial charge is 0.493 e. The van der Waals surface area contributed by atoms with Gasteiger partial charge in [0.15, 0.2) is 0 Å². The Bertz CT molecular complexity index is 398. The van der Waals surface area contributed by atoms with Crippen molar-refractivity contribution in [3.8, 4) is 5.75 Å². The van der Waals surface area contributed by atoms with Gasteiger partial charge in [-0.3, -0.25) is 0 Å². The molecule has 1 aliphatic rings. The van der Waals surface area contributed by atoms with Crippen molar-refractivity contribution < 1.29 is 9.47 Å². The van der Waals surface area contributed by atoms with Gasteiger partial charge in [0.2, 0.25) is 0 Å². The Morgan fingerprint density at radius 2 is 2.25 bits per heavy atom. The lowest BCUT2D eigenvalue weighted by molar-refractivity contribution is 0.198. The van der Waals surface area contributed by atoms with Crippen molar-refractivity contribution in [2.45, 2.75) is 25.3 Å². The van der Waals surface area contributed by atoms with Crippen molar-refractivity contribution in [3.05, 3.63) is 29.8 Å². The summed E-state index contributed by atoms with van der Waals surface area (Å²) in [5.74, 6) is 1.61. The van der Waals surface area contributed by atoms with Gasteiger partial charge in [0.25, 0.3) is 0 Å². The molecule has 1 aromatic carbocycles. The van der Waals surface area contributed by atoms with Crippen LogP contribution < -0.4 is 15.4 Å². The zero-order chi connectivity index (χ0) is 14.2. The van der Waals surface area contributed by atoms with Gasteiger partial charge in [-0.05, 0) is 25.0 Å². The van der Waals surface area contributed by atoms with Crippen LogP contribution in [0, 0.1) is 0 Å². The SMILES string of the molecule is COCCNCC(C)NCC1CCOc2ccccc21. The third-order valence-corrected chi connectivity index (χ3v) is 3.73. The van der Waals surface area contributed by atoms with E-state index < -0.39 is 0 Å². The van der Waals surface area contributed by atoms with E-state index in [-0.39, 0.29) is 0 Å². The Kier molecular flexibility index (Phi) is 6.30. The molecule has 0 saturated heterocycles. The topological polar surface area (TPSA) is 42.5 Å². The third-order valence-electron chi connectivity index (χ3n) is 3.73. The number of methoxy groups -OCH3 is 1. The van der Waals surface area contributed by atoms with Gasteiger partial charge in [-0.25, -0.2) is 0 Å². The molecule has 0 spiro atoms. The Morgan fingerprint density at radius 1 is 1.40 bits per heavy atom. The first-order valence-electron chi connectivity index (χ1n) is 7.46. The molecule has 2 N–H and O–H groups in total. The van der Waals surface area contributed by atoms with E-state index >= 15 is 0 Å². The fourth-order valence-corrected chi connectivity index (χ4v) is 2.54. The second-order valence-electron chi connectivity index (χ2n) is 5.38. The highest BCUT2D eigenvalue weighted by molar-refractivity contribution is 5.37. The lowest BCUT2D eigenvalue weighted by Crippen LogP contribution is -2.39. The van der Waals surface area contributed by atoms with E-state index in [1.807, 2.05) is 6.07 Å². The maximum atomic E-state index is 5.70. The summed E-state index contributed by atoms with van der Waals surface area (Å²) in [6.07, 6.45) is 1.09. The van der Waals surface area contributed by atoms with E-state index in [0.29, 0.717) is 12.0 Å². The van der Waals surface area contributed by atoms with Crippen LogP contribution in [0.25, 0.3) is 0 Å². The van der Waals surface area contributed by atoms with Crippen LogP contribution in [-0.4, -0.2) is 46.0 Å². The molecular weight excluding hydrogens is 252 g/mol.